The van der Waals surface area contributed by atoms with Gasteiger partial charge < -0.3 is 5.32 Å². The Balaban J connectivity index is 1.77. The van der Waals surface area contributed by atoms with Crippen LogP contribution in [0.1, 0.15) is 32.9 Å². The first-order valence-corrected chi connectivity index (χ1v) is 11.0. The van der Waals surface area contributed by atoms with Gasteiger partial charge in [0.15, 0.2) is 0 Å². The van der Waals surface area contributed by atoms with Crippen LogP contribution in [0.25, 0.3) is 0 Å². The average Bonchev–Trinajstić information content (AvgIpc) is 2.94. The molecule has 0 aliphatic rings. The second kappa shape index (κ2) is 8.08. The molecular formula is C21H24N4O3S. The molecule has 1 aromatic heterocycles. The minimum Gasteiger partial charge on any atom is -0.322 e. The van der Waals surface area contributed by atoms with Crippen LogP contribution in [-0.2, 0) is 16.6 Å². The van der Waals surface area contributed by atoms with Gasteiger partial charge in [0.25, 0.3) is 5.91 Å². The highest BCUT2D eigenvalue weighted by Crippen LogP contribution is 2.22. The molecule has 0 fully saturated rings. The molecular weight excluding hydrogens is 388 g/mol. The third kappa shape index (κ3) is 5.45. The van der Waals surface area contributed by atoms with Crippen LogP contribution in [0.15, 0.2) is 48.5 Å². The fourth-order valence-electron chi connectivity index (χ4n) is 3.03. The summed E-state index contributed by atoms with van der Waals surface area (Å²) in [7, 11) is -3.41. The summed E-state index contributed by atoms with van der Waals surface area (Å²) in [4.78, 5) is 12.7. The van der Waals surface area contributed by atoms with Crippen molar-refractivity contribution in [2.45, 2.75) is 27.3 Å². The number of hydrogen-bond donors (Lipinski definition) is 2. The number of sulfonamides is 1. The van der Waals surface area contributed by atoms with E-state index >= 15 is 0 Å². The van der Waals surface area contributed by atoms with Gasteiger partial charge in [0, 0.05) is 16.9 Å². The summed E-state index contributed by atoms with van der Waals surface area (Å²) >= 11 is 0. The molecule has 29 heavy (non-hydrogen) atoms. The predicted molar refractivity (Wildman–Crippen MR) is 115 cm³/mol. The second-order valence-corrected chi connectivity index (χ2v) is 8.89. The highest BCUT2D eigenvalue weighted by atomic mass is 32.2. The van der Waals surface area contributed by atoms with Crippen molar-refractivity contribution in [3.05, 3.63) is 76.6 Å². The van der Waals surface area contributed by atoms with E-state index in [4.69, 9.17) is 0 Å². The van der Waals surface area contributed by atoms with Gasteiger partial charge in [0.1, 0.15) is 0 Å². The van der Waals surface area contributed by atoms with E-state index in [1.54, 1.807) is 31.2 Å². The second-order valence-electron chi connectivity index (χ2n) is 7.14. The smallest absolute Gasteiger partial charge is 0.255 e. The van der Waals surface area contributed by atoms with Crippen molar-refractivity contribution >= 4 is 27.3 Å². The topological polar surface area (TPSA) is 93.1 Å². The fourth-order valence-corrected chi connectivity index (χ4v) is 3.65. The lowest BCUT2D eigenvalue weighted by atomic mass is 10.1. The number of rotatable bonds is 6. The highest BCUT2D eigenvalue weighted by Gasteiger charge is 2.11. The van der Waals surface area contributed by atoms with Crippen molar-refractivity contribution in [3.63, 3.8) is 0 Å². The van der Waals surface area contributed by atoms with Crippen molar-refractivity contribution in [1.82, 2.24) is 9.78 Å². The average molecular weight is 413 g/mol. The van der Waals surface area contributed by atoms with Gasteiger partial charge in [-0.15, -0.1) is 0 Å². The summed E-state index contributed by atoms with van der Waals surface area (Å²) < 4.78 is 27.4. The van der Waals surface area contributed by atoms with E-state index in [0.717, 1.165) is 28.8 Å². The zero-order valence-electron chi connectivity index (χ0n) is 16.9. The first-order valence-electron chi connectivity index (χ1n) is 9.10. The predicted octanol–water partition coefficient (Wildman–Crippen LogP) is 3.48. The molecule has 3 rings (SSSR count). The van der Waals surface area contributed by atoms with Gasteiger partial charge in [-0.3, -0.25) is 14.2 Å². The molecule has 0 spiro atoms. The molecule has 0 unspecified atom stereocenters. The zero-order chi connectivity index (χ0) is 21.2. The molecule has 0 radical (unpaired) electrons. The molecule has 8 heteroatoms. The molecule has 0 saturated carbocycles. The first-order chi connectivity index (χ1) is 13.6. The van der Waals surface area contributed by atoms with Gasteiger partial charge in [-0.25, -0.2) is 8.42 Å². The van der Waals surface area contributed by atoms with Crippen molar-refractivity contribution in [2.75, 3.05) is 16.3 Å². The third-order valence-corrected chi connectivity index (χ3v) is 5.01. The lowest BCUT2D eigenvalue weighted by Crippen LogP contribution is -2.14. The Bertz CT molecular complexity index is 1170. The monoisotopic (exact) mass is 412 g/mol. The summed E-state index contributed by atoms with van der Waals surface area (Å²) in [6.45, 7) is 6.31. The Kier molecular flexibility index (Phi) is 5.74. The van der Waals surface area contributed by atoms with Crippen LogP contribution in [0.4, 0.5) is 11.4 Å². The Morgan fingerprint density at radius 2 is 1.83 bits per heavy atom. The number of carbonyl (C=O) groups is 1. The number of amides is 1. The number of benzene rings is 2. The highest BCUT2D eigenvalue weighted by molar-refractivity contribution is 7.92. The van der Waals surface area contributed by atoms with E-state index in [1.807, 2.05) is 42.8 Å². The Hall–Kier alpha value is -3.13. The van der Waals surface area contributed by atoms with Gasteiger partial charge in [-0.05, 0) is 62.2 Å². The Labute approximate surface area is 170 Å². The lowest BCUT2D eigenvalue weighted by Gasteiger charge is -2.12. The maximum Gasteiger partial charge on any atom is 0.255 e. The van der Waals surface area contributed by atoms with E-state index in [1.165, 1.54) is 0 Å². The quantitative estimate of drug-likeness (QED) is 0.648. The molecule has 0 bridgehead atoms. The van der Waals surface area contributed by atoms with Gasteiger partial charge in [-0.2, -0.15) is 5.10 Å². The minimum absolute atomic E-state index is 0.269. The van der Waals surface area contributed by atoms with Crippen LogP contribution in [0, 0.1) is 20.8 Å². The maximum atomic E-state index is 12.7. The van der Waals surface area contributed by atoms with Crippen LogP contribution in [0.3, 0.4) is 0 Å². The number of hydrogen-bond acceptors (Lipinski definition) is 4. The number of nitrogens with one attached hydrogen (secondary N) is 2. The summed E-state index contributed by atoms with van der Waals surface area (Å²) in [5.74, 6) is -0.269. The van der Waals surface area contributed by atoms with Crippen molar-refractivity contribution < 1.29 is 13.2 Å². The van der Waals surface area contributed by atoms with E-state index < -0.39 is 10.0 Å². The lowest BCUT2D eigenvalue weighted by molar-refractivity contribution is 0.102. The van der Waals surface area contributed by atoms with Crippen molar-refractivity contribution in [3.8, 4) is 0 Å². The van der Waals surface area contributed by atoms with Crippen molar-refractivity contribution in [1.29, 1.82) is 0 Å². The fraction of sp³-hybridized carbons (Fsp3) is 0.238. The molecule has 152 valence electrons. The molecule has 0 aliphatic carbocycles. The number of nitrogens with zero attached hydrogens (tertiary/aromatic N) is 2. The van der Waals surface area contributed by atoms with Crippen LogP contribution in [0.2, 0.25) is 0 Å². The molecule has 1 heterocycles. The maximum absolute atomic E-state index is 12.7. The van der Waals surface area contributed by atoms with Gasteiger partial charge >= 0.3 is 0 Å². The van der Waals surface area contributed by atoms with Crippen LogP contribution >= 0.6 is 0 Å². The normalized spacial score (nSPS) is 11.3. The third-order valence-electron chi connectivity index (χ3n) is 4.42. The number of anilines is 2. The summed E-state index contributed by atoms with van der Waals surface area (Å²) in [5.41, 5.74) is 5.20. The van der Waals surface area contributed by atoms with Crippen molar-refractivity contribution in [2.24, 2.45) is 0 Å². The summed E-state index contributed by atoms with van der Waals surface area (Å²) in [6, 6.07) is 14.5. The van der Waals surface area contributed by atoms with E-state index in [2.05, 4.69) is 15.1 Å². The molecule has 1 amide bonds. The number of carbonyl (C=O) groups excluding carboxylic acids is 1. The van der Waals surface area contributed by atoms with Crippen LogP contribution in [-0.4, -0.2) is 30.4 Å². The standard InChI is InChI=1S/C21H24N4O3S/c1-14-8-9-19(12-20(14)24-29(4,27)28)22-21(26)18-7-5-6-17(11-18)13-25-16(3)10-15(2)23-25/h5-12,24H,13H2,1-4H3,(H,22,26). The molecule has 7 nitrogen and oxygen atoms in total. The molecule has 0 atom stereocenters. The number of aryl methyl sites for hydroxylation is 3. The summed E-state index contributed by atoms with van der Waals surface area (Å²) in [5, 5.41) is 7.28. The van der Waals surface area contributed by atoms with Gasteiger partial charge in [0.2, 0.25) is 10.0 Å². The molecule has 2 aromatic carbocycles. The van der Waals surface area contributed by atoms with E-state index in [0.29, 0.717) is 23.5 Å². The van der Waals surface area contributed by atoms with Gasteiger partial charge in [-0.1, -0.05) is 18.2 Å². The Morgan fingerprint density at radius 3 is 2.48 bits per heavy atom. The molecule has 0 aliphatic heterocycles. The number of aromatic nitrogens is 2. The Morgan fingerprint density at radius 1 is 1.07 bits per heavy atom. The molecule has 0 saturated heterocycles. The molecule has 2 N–H and O–H groups in total. The first kappa shape index (κ1) is 20.6. The van der Waals surface area contributed by atoms with Crippen LogP contribution in [0.5, 0.6) is 0 Å². The van der Waals surface area contributed by atoms with E-state index in [9.17, 15) is 13.2 Å². The van der Waals surface area contributed by atoms with Gasteiger partial charge in [0.05, 0.1) is 24.2 Å². The zero-order valence-corrected chi connectivity index (χ0v) is 17.7. The molecule has 3 aromatic rings. The van der Waals surface area contributed by atoms with E-state index in [-0.39, 0.29) is 5.91 Å². The van der Waals surface area contributed by atoms with Crippen LogP contribution < -0.4 is 10.0 Å². The largest absolute Gasteiger partial charge is 0.322 e. The SMILES string of the molecule is Cc1cc(C)n(Cc2cccc(C(=O)Nc3ccc(C)c(NS(C)(=O)=O)c3)c2)n1. The minimum atomic E-state index is -3.41. The summed E-state index contributed by atoms with van der Waals surface area (Å²) in [6.07, 6.45) is 1.09.